The first-order valence-corrected chi connectivity index (χ1v) is 21.8. The van der Waals surface area contributed by atoms with Crippen molar-refractivity contribution in [2.45, 2.75) is 191 Å². The van der Waals surface area contributed by atoms with Gasteiger partial charge in [-0.2, -0.15) is 0 Å². The van der Waals surface area contributed by atoms with Gasteiger partial charge in [0.2, 0.25) is 23.6 Å². The lowest BCUT2D eigenvalue weighted by Crippen LogP contribution is -2.55. The Hall–Kier alpha value is -2.36. The molecule has 5 unspecified atom stereocenters. The average Bonchev–Trinajstić information content (AvgIpc) is 3.14. The van der Waals surface area contributed by atoms with E-state index < -0.39 is 22.2 Å². The molecule has 2 aliphatic rings. The Balaban J connectivity index is 2.43. The number of rotatable bonds is 10. The Labute approximate surface area is 339 Å². The van der Waals surface area contributed by atoms with Gasteiger partial charge in [0.05, 0.1) is 0 Å². The van der Waals surface area contributed by atoms with Crippen molar-refractivity contribution in [1.82, 2.24) is 31.1 Å². The summed E-state index contributed by atoms with van der Waals surface area (Å²) >= 11 is 0. The third kappa shape index (κ3) is 16.9. The summed E-state index contributed by atoms with van der Waals surface area (Å²) in [6, 6.07) is 0. The molecule has 0 spiro atoms. The molecule has 56 heavy (non-hydrogen) atoms. The number of hydrogen-bond donors (Lipinski definition) is 8. The maximum absolute atomic E-state index is 13.3. The second-order valence-corrected chi connectivity index (χ2v) is 18.8. The van der Waals surface area contributed by atoms with E-state index in [2.05, 4.69) is 58.8 Å². The van der Waals surface area contributed by atoms with Crippen molar-refractivity contribution < 1.29 is 19.2 Å². The minimum absolute atomic E-state index is 0.0241. The maximum atomic E-state index is 13.3. The van der Waals surface area contributed by atoms with E-state index in [1.165, 1.54) is 0 Å². The first-order chi connectivity index (χ1) is 26.1. The smallest absolute Gasteiger partial charge is 0.221 e. The van der Waals surface area contributed by atoms with Gasteiger partial charge in [0.1, 0.15) is 0 Å². The molecule has 326 valence electrons. The molecule has 0 aromatic heterocycles. The van der Waals surface area contributed by atoms with Crippen LogP contribution in [0.1, 0.15) is 158 Å². The van der Waals surface area contributed by atoms with E-state index >= 15 is 0 Å². The molecule has 2 fully saturated rings. The van der Waals surface area contributed by atoms with Crippen LogP contribution in [-0.4, -0.2) is 119 Å². The minimum Gasteiger partial charge on any atom is -0.356 e. The molecule has 0 bridgehead atoms. The number of nitrogens with two attached hydrogens (primary N) is 4. The van der Waals surface area contributed by atoms with E-state index in [0.717, 1.165) is 44.9 Å². The number of carbonyl (C=O) groups excluding carboxylic acids is 4. The second kappa shape index (κ2) is 22.1. The van der Waals surface area contributed by atoms with Gasteiger partial charge in [0.25, 0.3) is 0 Å². The van der Waals surface area contributed by atoms with Gasteiger partial charge in [0, 0.05) is 111 Å². The summed E-state index contributed by atoms with van der Waals surface area (Å²) < 4.78 is 0. The van der Waals surface area contributed by atoms with Crippen molar-refractivity contribution in [3.63, 3.8) is 0 Å². The summed E-state index contributed by atoms with van der Waals surface area (Å²) in [5.41, 5.74) is 23.4. The van der Waals surface area contributed by atoms with Gasteiger partial charge in [-0.15, -0.1) is 0 Å². The third-order valence-corrected chi connectivity index (χ3v) is 13.1. The molecule has 2 heterocycles. The van der Waals surface area contributed by atoms with Crippen LogP contribution in [0.4, 0.5) is 0 Å². The van der Waals surface area contributed by atoms with Crippen molar-refractivity contribution in [1.29, 1.82) is 0 Å². The first kappa shape index (κ1) is 49.8. The van der Waals surface area contributed by atoms with Crippen LogP contribution < -0.4 is 44.2 Å². The highest BCUT2D eigenvalue weighted by Gasteiger charge is 2.41. The normalized spacial score (nSPS) is 31.5. The second-order valence-electron chi connectivity index (χ2n) is 18.8. The van der Waals surface area contributed by atoms with Crippen LogP contribution in [0.15, 0.2) is 0 Å². The molecule has 0 saturated carbocycles. The maximum Gasteiger partial charge on any atom is 0.221 e. The summed E-state index contributed by atoms with van der Waals surface area (Å²) in [7, 11) is 0. The van der Waals surface area contributed by atoms with E-state index in [1.54, 1.807) is 0 Å². The number of amides is 4. The van der Waals surface area contributed by atoms with E-state index in [1.807, 2.05) is 27.7 Å². The molecule has 2 saturated heterocycles. The summed E-state index contributed by atoms with van der Waals surface area (Å²) in [5.74, 6) is -0.195. The fraction of sp³-hybridized carbons (Fsp3) is 0.905. The third-order valence-electron chi connectivity index (χ3n) is 13.1. The van der Waals surface area contributed by atoms with Gasteiger partial charge in [-0.3, -0.25) is 29.0 Å². The number of carbonyl (C=O) groups is 4. The highest BCUT2D eigenvalue weighted by atomic mass is 16.2. The molecule has 2 aliphatic heterocycles. The number of nitrogens with one attached hydrogen (secondary N) is 4. The van der Waals surface area contributed by atoms with Crippen LogP contribution in [0.3, 0.4) is 0 Å². The molecule has 5 atom stereocenters. The molecular formula is C42H84N10O4. The van der Waals surface area contributed by atoms with Gasteiger partial charge in [-0.1, -0.05) is 34.1 Å². The Bertz CT molecular complexity index is 1220. The molecule has 0 aromatic rings. The number of nitrogens with zero attached hydrogens (tertiary/aromatic N) is 2. The van der Waals surface area contributed by atoms with Gasteiger partial charge in [-0.05, 0) is 98.3 Å². The molecule has 14 heteroatoms. The fourth-order valence-electron chi connectivity index (χ4n) is 8.55. The van der Waals surface area contributed by atoms with E-state index in [-0.39, 0.29) is 34.7 Å². The predicted octanol–water partition coefficient (Wildman–Crippen LogP) is 2.75. The van der Waals surface area contributed by atoms with E-state index in [4.69, 9.17) is 22.9 Å². The van der Waals surface area contributed by atoms with Crippen LogP contribution in [0, 0.1) is 0 Å². The topological polar surface area (TPSA) is 227 Å². The zero-order valence-corrected chi connectivity index (χ0v) is 36.8. The van der Waals surface area contributed by atoms with Crippen molar-refractivity contribution in [2.24, 2.45) is 22.9 Å². The lowest BCUT2D eigenvalue weighted by molar-refractivity contribution is -0.124. The van der Waals surface area contributed by atoms with Crippen LogP contribution in [-0.2, 0) is 19.2 Å². The highest BCUT2D eigenvalue weighted by molar-refractivity contribution is 5.77. The van der Waals surface area contributed by atoms with Gasteiger partial charge >= 0.3 is 0 Å². The molecule has 0 radical (unpaired) electrons. The van der Waals surface area contributed by atoms with Gasteiger partial charge in [0.15, 0.2) is 0 Å². The van der Waals surface area contributed by atoms with Crippen molar-refractivity contribution >= 4 is 23.6 Å². The standard InChI is InChI=1S/C42H84N10O4/c1-9-17-42(12-4,52-28-15-35(55)49-31-39(7,45)20-21-40(8,46)32-50-36(56)16-29-52)23-22-41(10-2,11-3)51-26-13-33(53)47-25-24-37(5,43)18-19-38(6,44)30-48-34(54)14-27-51/h9-32,43-46H2,1-8H3,(H,47,53)(H,48,54)(H,49,55)(H,50,56). The van der Waals surface area contributed by atoms with Crippen LogP contribution in [0.5, 0.6) is 0 Å². The largest absolute Gasteiger partial charge is 0.356 e. The molecule has 14 nitrogen and oxygen atoms in total. The lowest BCUT2D eigenvalue weighted by atomic mass is 9.76. The summed E-state index contributed by atoms with van der Waals surface area (Å²) in [6.45, 7) is 20.2. The van der Waals surface area contributed by atoms with Crippen molar-refractivity contribution in [2.75, 3.05) is 52.4 Å². The monoisotopic (exact) mass is 793 g/mol. The zero-order chi connectivity index (χ0) is 42.3. The Kier molecular flexibility index (Phi) is 19.7. The summed E-state index contributed by atoms with van der Waals surface area (Å²) in [5, 5.41) is 12.3. The fourth-order valence-corrected chi connectivity index (χ4v) is 8.55. The molecular weight excluding hydrogens is 709 g/mol. The lowest BCUT2D eigenvalue weighted by Gasteiger charge is -2.49. The average molecular weight is 793 g/mol. The molecule has 4 amide bonds. The minimum atomic E-state index is -0.628. The van der Waals surface area contributed by atoms with Crippen LogP contribution in [0.2, 0.25) is 0 Å². The molecule has 12 N–H and O–H groups in total. The van der Waals surface area contributed by atoms with Crippen molar-refractivity contribution in [3.8, 4) is 0 Å². The van der Waals surface area contributed by atoms with Crippen LogP contribution >= 0.6 is 0 Å². The summed E-state index contributed by atoms with van der Waals surface area (Å²) in [6.07, 6.45) is 10.4. The zero-order valence-electron chi connectivity index (χ0n) is 36.8. The quantitative estimate of drug-likeness (QED) is 0.161. The van der Waals surface area contributed by atoms with Gasteiger partial charge < -0.3 is 44.2 Å². The van der Waals surface area contributed by atoms with E-state index in [0.29, 0.717) is 110 Å². The molecule has 2 rings (SSSR count). The Morgan fingerprint density at radius 3 is 1.16 bits per heavy atom. The highest BCUT2D eigenvalue weighted by Crippen LogP contribution is 2.38. The van der Waals surface area contributed by atoms with Gasteiger partial charge in [-0.25, -0.2) is 0 Å². The van der Waals surface area contributed by atoms with Crippen LogP contribution in [0.25, 0.3) is 0 Å². The Morgan fingerprint density at radius 2 is 0.804 bits per heavy atom. The Morgan fingerprint density at radius 1 is 0.482 bits per heavy atom. The van der Waals surface area contributed by atoms with E-state index in [9.17, 15) is 19.2 Å². The van der Waals surface area contributed by atoms with Crippen molar-refractivity contribution in [3.05, 3.63) is 0 Å². The SMILES string of the molecule is CCCC(CC)(CCC(CC)(CC)N1CCC(=O)NCCC(C)(N)CCC(C)(N)CNC(=O)CC1)N1CCC(=O)NCC(C)(N)CCC(C)(N)CNC(=O)CC1. The molecule has 0 aromatic carbocycles. The first-order valence-electron chi connectivity index (χ1n) is 21.8. The summed E-state index contributed by atoms with van der Waals surface area (Å²) in [4.78, 5) is 57.9. The predicted molar refractivity (Wildman–Crippen MR) is 228 cm³/mol. The number of hydrogen-bond acceptors (Lipinski definition) is 10. The molecule has 0 aliphatic carbocycles.